The minimum absolute atomic E-state index is 0.0762. The van der Waals surface area contributed by atoms with Crippen LogP contribution in [-0.2, 0) is 9.53 Å². The number of ether oxygens (including phenoxy) is 1. The first-order valence-electron chi connectivity index (χ1n) is 6.14. The maximum absolute atomic E-state index is 11.8. The highest BCUT2D eigenvalue weighted by Gasteiger charge is 2.18. The van der Waals surface area contributed by atoms with Crippen molar-refractivity contribution in [1.82, 2.24) is 0 Å². The SMILES string of the molecule is CCCCSCC(=O)Nc1c(C)csc1C(=O)OC. The number of thiophene rings is 1. The summed E-state index contributed by atoms with van der Waals surface area (Å²) in [6.45, 7) is 3.99. The van der Waals surface area contributed by atoms with E-state index in [0.717, 1.165) is 24.2 Å². The summed E-state index contributed by atoms with van der Waals surface area (Å²) in [5, 5.41) is 4.64. The normalized spacial score (nSPS) is 10.3. The third kappa shape index (κ3) is 4.87. The summed E-state index contributed by atoms with van der Waals surface area (Å²) in [6.07, 6.45) is 2.24. The Hall–Kier alpha value is -1.01. The maximum Gasteiger partial charge on any atom is 0.350 e. The van der Waals surface area contributed by atoms with Crippen LogP contribution in [0.15, 0.2) is 5.38 Å². The van der Waals surface area contributed by atoms with Crippen LogP contribution in [0.2, 0.25) is 0 Å². The summed E-state index contributed by atoms with van der Waals surface area (Å²) in [5.41, 5.74) is 1.47. The predicted molar refractivity (Wildman–Crippen MR) is 81.3 cm³/mol. The second-order valence-corrected chi connectivity index (χ2v) is 6.05. The third-order valence-corrected chi connectivity index (χ3v) is 4.61. The zero-order valence-electron chi connectivity index (χ0n) is 11.4. The molecular weight excluding hydrogens is 282 g/mol. The molecule has 0 aliphatic heterocycles. The number of esters is 1. The standard InChI is InChI=1S/C13H19NO3S2/c1-4-5-6-18-8-10(15)14-11-9(2)7-19-12(11)13(16)17-3/h7H,4-6,8H2,1-3H3,(H,14,15). The summed E-state index contributed by atoms with van der Waals surface area (Å²) < 4.78 is 4.70. The highest BCUT2D eigenvalue weighted by molar-refractivity contribution is 7.99. The Morgan fingerprint density at radius 2 is 2.21 bits per heavy atom. The molecule has 0 aliphatic rings. The summed E-state index contributed by atoms with van der Waals surface area (Å²) in [7, 11) is 1.34. The maximum atomic E-state index is 11.8. The molecule has 0 bridgehead atoms. The van der Waals surface area contributed by atoms with E-state index in [1.807, 2.05) is 12.3 Å². The summed E-state index contributed by atoms with van der Waals surface area (Å²) >= 11 is 2.90. The van der Waals surface area contributed by atoms with Crippen molar-refractivity contribution in [3.63, 3.8) is 0 Å². The molecule has 1 amide bonds. The van der Waals surface area contributed by atoms with Crippen LogP contribution >= 0.6 is 23.1 Å². The lowest BCUT2D eigenvalue weighted by Crippen LogP contribution is -2.16. The smallest absolute Gasteiger partial charge is 0.350 e. The largest absolute Gasteiger partial charge is 0.465 e. The van der Waals surface area contributed by atoms with E-state index >= 15 is 0 Å². The van der Waals surface area contributed by atoms with Crippen LogP contribution in [-0.4, -0.2) is 30.5 Å². The molecule has 0 saturated carbocycles. The monoisotopic (exact) mass is 301 g/mol. The number of carbonyl (C=O) groups excluding carboxylic acids is 2. The Kier molecular flexibility index (Phi) is 6.94. The first-order chi connectivity index (χ1) is 9.10. The van der Waals surface area contributed by atoms with Gasteiger partial charge in [0, 0.05) is 0 Å². The number of hydrogen-bond acceptors (Lipinski definition) is 5. The van der Waals surface area contributed by atoms with Gasteiger partial charge in [-0.1, -0.05) is 13.3 Å². The van der Waals surface area contributed by atoms with Crippen molar-refractivity contribution in [2.45, 2.75) is 26.7 Å². The lowest BCUT2D eigenvalue weighted by molar-refractivity contribution is -0.113. The van der Waals surface area contributed by atoms with Crippen LogP contribution in [0, 0.1) is 6.92 Å². The molecule has 6 heteroatoms. The molecule has 0 unspecified atom stereocenters. The van der Waals surface area contributed by atoms with E-state index < -0.39 is 5.97 Å². The van der Waals surface area contributed by atoms with Crippen molar-refractivity contribution in [3.8, 4) is 0 Å². The predicted octanol–water partition coefficient (Wildman–Crippen LogP) is 3.31. The molecule has 19 heavy (non-hydrogen) atoms. The average Bonchev–Trinajstić information content (AvgIpc) is 2.75. The van der Waals surface area contributed by atoms with Crippen LogP contribution in [0.4, 0.5) is 5.69 Å². The van der Waals surface area contributed by atoms with Crippen molar-refractivity contribution in [1.29, 1.82) is 0 Å². The van der Waals surface area contributed by atoms with Gasteiger partial charge in [0.25, 0.3) is 0 Å². The number of thioether (sulfide) groups is 1. The fourth-order valence-corrected chi connectivity index (χ4v) is 3.25. The Labute approximate surface area is 121 Å². The van der Waals surface area contributed by atoms with Crippen LogP contribution in [0.5, 0.6) is 0 Å². The van der Waals surface area contributed by atoms with Crippen molar-refractivity contribution >= 4 is 40.7 Å². The van der Waals surface area contributed by atoms with Crippen LogP contribution in [0.25, 0.3) is 0 Å². The van der Waals surface area contributed by atoms with Gasteiger partial charge in [0.15, 0.2) is 0 Å². The van der Waals surface area contributed by atoms with Gasteiger partial charge in [0.1, 0.15) is 4.88 Å². The molecule has 1 N–H and O–H groups in total. The minimum Gasteiger partial charge on any atom is -0.465 e. The number of anilines is 1. The Bertz CT molecular complexity index is 443. The fraction of sp³-hybridized carbons (Fsp3) is 0.538. The molecule has 0 aromatic carbocycles. The van der Waals surface area contributed by atoms with E-state index in [9.17, 15) is 9.59 Å². The second kappa shape index (κ2) is 8.22. The molecule has 0 radical (unpaired) electrons. The van der Waals surface area contributed by atoms with Gasteiger partial charge in [-0.15, -0.1) is 11.3 Å². The minimum atomic E-state index is -0.410. The van der Waals surface area contributed by atoms with E-state index in [-0.39, 0.29) is 5.91 Å². The van der Waals surface area contributed by atoms with E-state index in [2.05, 4.69) is 12.2 Å². The molecule has 1 heterocycles. The first-order valence-corrected chi connectivity index (χ1v) is 8.17. The molecule has 0 saturated heterocycles. The van der Waals surface area contributed by atoms with Gasteiger partial charge in [0.2, 0.25) is 5.91 Å². The Morgan fingerprint density at radius 1 is 1.47 bits per heavy atom. The summed E-state index contributed by atoms with van der Waals surface area (Å²) in [5.74, 6) is 0.909. The molecule has 0 atom stereocenters. The molecular formula is C13H19NO3S2. The lowest BCUT2D eigenvalue weighted by Gasteiger charge is -2.07. The van der Waals surface area contributed by atoms with Crippen LogP contribution in [0.1, 0.15) is 35.0 Å². The van der Waals surface area contributed by atoms with Crippen molar-refractivity contribution < 1.29 is 14.3 Å². The quantitative estimate of drug-likeness (QED) is 0.620. The Balaban J connectivity index is 2.58. The lowest BCUT2D eigenvalue weighted by atomic mass is 10.2. The first kappa shape index (κ1) is 16.0. The zero-order chi connectivity index (χ0) is 14.3. The molecule has 4 nitrogen and oxygen atoms in total. The number of carbonyl (C=O) groups is 2. The number of methoxy groups -OCH3 is 1. The molecule has 1 rings (SSSR count). The molecule has 106 valence electrons. The zero-order valence-corrected chi connectivity index (χ0v) is 13.1. The van der Waals surface area contributed by atoms with E-state index in [1.165, 1.54) is 18.4 Å². The van der Waals surface area contributed by atoms with Gasteiger partial charge in [-0.3, -0.25) is 4.79 Å². The van der Waals surface area contributed by atoms with Gasteiger partial charge in [-0.25, -0.2) is 4.79 Å². The van der Waals surface area contributed by atoms with Gasteiger partial charge in [0.05, 0.1) is 18.6 Å². The van der Waals surface area contributed by atoms with Crippen LogP contribution in [0.3, 0.4) is 0 Å². The Morgan fingerprint density at radius 3 is 2.84 bits per heavy atom. The number of nitrogens with one attached hydrogen (secondary N) is 1. The van der Waals surface area contributed by atoms with Crippen molar-refractivity contribution in [2.75, 3.05) is 23.9 Å². The molecule has 0 fully saturated rings. The number of aryl methyl sites for hydroxylation is 1. The van der Waals surface area contributed by atoms with Crippen molar-refractivity contribution in [3.05, 3.63) is 15.8 Å². The average molecular weight is 301 g/mol. The second-order valence-electron chi connectivity index (χ2n) is 4.07. The summed E-state index contributed by atoms with van der Waals surface area (Å²) in [4.78, 5) is 23.8. The van der Waals surface area contributed by atoms with Gasteiger partial charge < -0.3 is 10.1 Å². The molecule has 1 aromatic heterocycles. The topological polar surface area (TPSA) is 55.4 Å². The van der Waals surface area contributed by atoms with E-state index in [4.69, 9.17) is 4.74 Å². The molecule has 1 aromatic rings. The van der Waals surface area contributed by atoms with E-state index in [1.54, 1.807) is 11.8 Å². The highest BCUT2D eigenvalue weighted by atomic mass is 32.2. The van der Waals surface area contributed by atoms with Gasteiger partial charge >= 0.3 is 5.97 Å². The number of rotatable bonds is 7. The number of hydrogen-bond donors (Lipinski definition) is 1. The molecule has 0 spiro atoms. The molecule has 0 aliphatic carbocycles. The van der Waals surface area contributed by atoms with Gasteiger partial charge in [-0.05, 0) is 30.0 Å². The highest BCUT2D eigenvalue weighted by Crippen LogP contribution is 2.28. The third-order valence-electron chi connectivity index (χ3n) is 2.49. The fourth-order valence-electron chi connectivity index (χ4n) is 1.43. The summed E-state index contributed by atoms with van der Waals surface area (Å²) in [6, 6.07) is 0. The van der Waals surface area contributed by atoms with E-state index in [0.29, 0.717) is 16.3 Å². The van der Waals surface area contributed by atoms with Crippen molar-refractivity contribution in [2.24, 2.45) is 0 Å². The van der Waals surface area contributed by atoms with Gasteiger partial charge in [-0.2, -0.15) is 11.8 Å². The number of amides is 1. The van der Waals surface area contributed by atoms with Crippen LogP contribution < -0.4 is 5.32 Å². The number of unbranched alkanes of at least 4 members (excludes halogenated alkanes) is 1.